The molecule has 1 heterocycles. The van der Waals surface area contributed by atoms with Gasteiger partial charge in [-0.15, -0.1) is 11.3 Å². The number of aliphatic hydroxyl groups excluding tert-OH is 1. The second-order valence-electron chi connectivity index (χ2n) is 4.50. The molecule has 5 heteroatoms. The summed E-state index contributed by atoms with van der Waals surface area (Å²) in [6, 6.07) is 8.11. The molecule has 1 aromatic heterocycles. The third-order valence-electron chi connectivity index (χ3n) is 3.03. The Morgan fingerprint density at radius 2 is 2.15 bits per heavy atom. The molecule has 0 spiro atoms. The average molecular weight is 309 g/mol. The fourth-order valence-corrected chi connectivity index (χ4v) is 3.89. The van der Waals surface area contributed by atoms with Crippen molar-refractivity contribution in [3.8, 4) is 0 Å². The van der Waals surface area contributed by atoms with Gasteiger partial charge in [0.15, 0.2) is 0 Å². The van der Waals surface area contributed by atoms with Crippen molar-refractivity contribution in [1.29, 1.82) is 0 Å². The zero-order valence-electron chi connectivity index (χ0n) is 11.5. The van der Waals surface area contributed by atoms with Crippen molar-refractivity contribution in [2.75, 3.05) is 24.7 Å². The zero-order valence-corrected chi connectivity index (χ0v) is 13.1. The van der Waals surface area contributed by atoms with Gasteiger partial charge in [-0.3, -0.25) is 4.79 Å². The van der Waals surface area contributed by atoms with Crippen LogP contribution in [-0.4, -0.2) is 35.7 Å². The number of hydrogen-bond acceptors (Lipinski definition) is 4. The van der Waals surface area contributed by atoms with E-state index in [2.05, 4.69) is 17.4 Å². The number of fused-ring (bicyclic) bond motifs is 1. The van der Waals surface area contributed by atoms with Gasteiger partial charge in [0.2, 0.25) is 0 Å². The maximum atomic E-state index is 12.2. The Kier molecular flexibility index (Phi) is 5.88. The zero-order chi connectivity index (χ0) is 14.4. The van der Waals surface area contributed by atoms with E-state index in [4.69, 9.17) is 5.11 Å². The van der Waals surface area contributed by atoms with Gasteiger partial charge in [-0.05, 0) is 36.1 Å². The molecule has 3 nitrogen and oxygen atoms in total. The fourth-order valence-electron chi connectivity index (χ4n) is 1.98. The van der Waals surface area contributed by atoms with E-state index in [9.17, 15) is 4.79 Å². The average Bonchev–Trinajstić information content (AvgIpc) is 2.80. The van der Waals surface area contributed by atoms with Gasteiger partial charge >= 0.3 is 0 Å². The molecular weight excluding hydrogens is 290 g/mol. The highest BCUT2D eigenvalue weighted by atomic mass is 32.2. The van der Waals surface area contributed by atoms with Gasteiger partial charge in [-0.1, -0.05) is 18.2 Å². The van der Waals surface area contributed by atoms with E-state index in [-0.39, 0.29) is 12.5 Å². The van der Waals surface area contributed by atoms with Crippen LogP contribution in [0.4, 0.5) is 0 Å². The Morgan fingerprint density at radius 1 is 1.35 bits per heavy atom. The molecule has 0 radical (unpaired) electrons. The van der Waals surface area contributed by atoms with Gasteiger partial charge in [-0.2, -0.15) is 11.8 Å². The summed E-state index contributed by atoms with van der Waals surface area (Å²) < 4.78 is 1.16. The molecule has 108 valence electrons. The number of thiophene rings is 1. The van der Waals surface area contributed by atoms with E-state index in [1.54, 1.807) is 23.1 Å². The van der Waals surface area contributed by atoms with Crippen LogP contribution in [-0.2, 0) is 0 Å². The van der Waals surface area contributed by atoms with E-state index in [1.807, 2.05) is 19.1 Å². The highest BCUT2D eigenvalue weighted by molar-refractivity contribution is 7.99. The van der Waals surface area contributed by atoms with Crippen molar-refractivity contribution >= 4 is 39.1 Å². The lowest BCUT2D eigenvalue weighted by atomic mass is 10.1. The SMILES string of the molecule is Cc1c(C(=O)NCCSCCCO)sc2ccccc12. The van der Waals surface area contributed by atoms with Crippen LogP contribution in [0.2, 0.25) is 0 Å². The number of thioether (sulfide) groups is 1. The fraction of sp³-hybridized carbons (Fsp3) is 0.400. The Hall–Kier alpha value is -1.04. The summed E-state index contributed by atoms with van der Waals surface area (Å²) in [5.41, 5.74) is 1.07. The lowest BCUT2D eigenvalue weighted by Gasteiger charge is -2.04. The molecule has 2 N–H and O–H groups in total. The molecule has 0 saturated heterocycles. The molecule has 1 aromatic carbocycles. The molecule has 20 heavy (non-hydrogen) atoms. The highest BCUT2D eigenvalue weighted by Crippen LogP contribution is 2.30. The number of aliphatic hydroxyl groups is 1. The van der Waals surface area contributed by atoms with Crippen molar-refractivity contribution in [2.24, 2.45) is 0 Å². The van der Waals surface area contributed by atoms with Gasteiger partial charge in [0.1, 0.15) is 0 Å². The van der Waals surface area contributed by atoms with E-state index in [0.717, 1.165) is 33.1 Å². The third-order valence-corrected chi connectivity index (χ3v) is 5.37. The third kappa shape index (κ3) is 3.75. The smallest absolute Gasteiger partial charge is 0.261 e. The van der Waals surface area contributed by atoms with Crippen molar-refractivity contribution in [3.05, 3.63) is 34.7 Å². The number of aryl methyl sites for hydroxylation is 1. The number of carbonyl (C=O) groups excluding carboxylic acids is 1. The molecule has 0 saturated carbocycles. The van der Waals surface area contributed by atoms with Crippen molar-refractivity contribution in [3.63, 3.8) is 0 Å². The molecule has 2 rings (SSSR count). The Morgan fingerprint density at radius 3 is 2.90 bits per heavy atom. The second-order valence-corrected chi connectivity index (χ2v) is 6.77. The lowest BCUT2D eigenvalue weighted by molar-refractivity contribution is 0.0959. The molecule has 0 aliphatic rings. The lowest BCUT2D eigenvalue weighted by Crippen LogP contribution is -2.25. The molecule has 2 aromatic rings. The van der Waals surface area contributed by atoms with Crippen LogP contribution in [0.25, 0.3) is 10.1 Å². The molecule has 0 aliphatic carbocycles. The molecule has 1 amide bonds. The predicted octanol–water partition coefficient (Wildman–Crippen LogP) is 3.06. The summed E-state index contributed by atoms with van der Waals surface area (Å²) in [6.07, 6.45) is 0.814. The number of carbonyl (C=O) groups is 1. The Bertz CT molecular complexity index is 580. The van der Waals surface area contributed by atoms with Gasteiger partial charge < -0.3 is 10.4 Å². The topological polar surface area (TPSA) is 49.3 Å². The molecule has 0 bridgehead atoms. The minimum absolute atomic E-state index is 0.0199. The summed E-state index contributed by atoms with van der Waals surface area (Å²) in [5.74, 6) is 1.84. The first-order chi connectivity index (χ1) is 9.74. The molecule has 0 unspecified atom stereocenters. The first-order valence-corrected chi connectivity index (χ1v) is 8.66. The summed E-state index contributed by atoms with van der Waals surface area (Å²) in [4.78, 5) is 13.0. The Labute approximate surface area is 127 Å². The van der Waals surface area contributed by atoms with Crippen LogP contribution in [0.1, 0.15) is 21.7 Å². The van der Waals surface area contributed by atoms with E-state index < -0.39 is 0 Å². The largest absolute Gasteiger partial charge is 0.396 e. The molecule has 0 atom stereocenters. The second kappa shape index (κ2) is 7.67. The molecule has 0 aliphatic heterocycles. The molecule has 0 fully saturated rings. The minimum atomic E-state index is 0.0199. The minimum Gasteiger partial charge on any atom is -0.396 e. The number of hydrogen-bond donors (Lipinski definition) is 2. The quantitative estimate of drug-likeness (QED) is 0.773. The van der Waals surface area contributed by atoms with E-state index in [1.165, 1.54) is 5.39 Å². The maximum absolute atomic E-state index is 12.2. The van der Waals surface area contributed by atoms with Crippen LogP contribution in [0, 0.1) is 6.92 Å². The van der Waals surface area contributed by atoms with Crippen LogP contribution < -0.4 is 5.32 Å². The number of rotatable bonds is 7. The van der Waals surface area contributed by atoms with E-state index >= 15 is 0 Å². The summed E-state index contributed by atoms with van der Waals surface area (Å²) >= 11 is 3.30. The first kappa shape index (κ1) is 15.4. The summed E-state index contributed by atoms with van der Waals surface area (Å²) in [6.45, 7) is 2.91. The van der Waals surface area contributed by atoms with Gasteiger partial charge in [0, 0.05) is 23.6 Å². The van der Waals surface area contributed by atoms with Crippen molar-refractivity contribution in [1.82, 2.24) is 5.32 Å². The van der Waals surface area contributed by atoms with Crippen molar-refractivity contribution < 1.29 is 9.90 Å². The van der Waals surface area contributed by atoms with E-state index in [0.29, 0.717) is 6.54 Å². The Balaban J connectivity index is 1.89. The number of nitrogens with one attached hydrogen (secondary N) is 1. The number of benzene rings is 1. The van der Waals surface area contributed by atoms with Crippen LogP contribution in [0.15, 0.2) is 24.3 Å². The summed E-state index contributed by atoms with van der Waals surface area (Å²) in [7, 11) is 0. The van der Waals surface area contributed by atoms with Gasteiger partial charge in [0.05, 0.1) is 4.88 Å². The predicted molar refractivity (Wildman–Crippen MR) is 87.9 cm³/mol. The van der Waals surface area contributed by atoms with Crippen LogP contribution in [0.3, 0.4) is 0 Å². The van der Waals surface area contributed by atoms with Crippen LogP contribution >= 0.6 is 23.1 Å². The summed E-state index contributed by atoms with van der Waals surface area (Å²) in [5, 5.41) is 12.8. The number of amides is 1. The normalized spacial score (nSPS) is 10.9. The highest BCUT2D eigenvalue weighted by Gasteiger charge is 2.14. The van der Waals surface area contributed by atoms with Gasteiger partial charge in [-0.25, -0.2) is 0 Å². The first-order valence-electron chi connectivity index (χ1n) is 6.69. The van der Waals surface area contributed by atoms with Crippen LogP contribution in [0.5, 0.6) is 0 Å². The maximum Gasteiger partial charge on any atom is 0.261 e. The van der Waals surface area contributed by atoms with Crippen molar-refractivity contribution in [2.45, 2.75) is 13.3 Å². The standard InChI is InChI=1S/C15H19NO2S2/c1-11-12-5-2-3-6-13(12)20-14(11)15(18)16-7-10-19-9-4-8-17/h2-3,5-6,17H,4,7-10H2,1H3,(H,16,18). The molecular formula is C15H19NO2S2. The monoisotopic (exact) mass is 309 g/mol. The van der Waals surface area contributed by atoms with Gasteiger partial charge in [0.25, 0.3) is 5.91 Å².